The number of esters is 2. The zero-order valence-electron chi connectivity index (χ0n) is 13.8. The monoisotopic (exact) mass is 297 g/mol. The second kappa shape index (κ2) is 9.38. The number of nitriles is 1. The average Bonchev–Trinajstić information content (AvgIpc) is 2.43. The van der Waals surface area contributed by atoms with Crippen LogP contribution in [0.3, 0.4) is 0 Å². The van der Waals surface area contributed by atoms with Gasteiger partial charge in [0.2, 0.25) is 0 Å². The summed E-state index contributed by atoms with van der Waals surface area (Å²) in [7, 11) is 0. The molecule has 0 fully saturated rings. The maximum Gasteiger partial charge on any atom is 0.327 e. The Morgan fingerprint density at radius 1 is 1.14 bits per heavy atom. The summed E-state index contributed by atoms with van der Waals surface area (Å²) in [5, 5.41) is 9.57. The van der Waals surface area contributed by atoms with Crippen LogP contribution < -0.4 is 0 Å². The molecule has 5 nitrogen and oxygen atoms in total. The molecule has 0 rings (SSSR count). The molecule has 0 aromatic heterocycles. The van der Waals surface area contributed by atoms with E-state index in [-0.39, 0.29) is 13.2 Å². The van der Waals surface area contributed by atoms with E-state index in [0.29, 0.717) is 18.8 Å². The molecule has 0 aromatic carbocycles. The molecule has 0 aliphatic rings. The summed E-state index contributed by atoms with van der Waals surface area (Å²) in [6, 6.07) is 2.04. The number of nitrogens with zero attached hydrogens (tertiary/aromatic N) is 1. The molecule has 120 valence electrons. The predicted octanol–water partition coefficient (Wildman–Crippen LogP) is 3.08. The van der Waals surface area contributed by atoms with Crippen LogP contribution in [0.4, 0.5) is 0 Å². The van der Waals surface area contributed by atoms with Crippen LogP contribution in [0.25, 0.3) is 0 Å². The maximum atomic E-state index is 12.3. The van der Waals surface area contributed by atoms with Gasteiger partial charge in [0.1, 0.15) is 0 Å². The van der Waals surface area contributed by atoms with Gasteiger partial charge < -0.3 is 9.47 Å². The van der Waals surface area contributed by atoms with Crippen LogP contribution in [0.5, 0.6) is 0 Å². The van der Waals surface area contributed by atoms with E-state index in [4.69, 9.17) is 9.47 Å². The molecule has 0 aromatic rings. The first-order valence-corrected chi connectivity index (χ1v) is 7.60. The van der Waals surface area contributed by atoms with Gasteiger partial charge in [-0.1, -0.05) is 26.7 Å². The van der Waals surface area contributed by atoms with Crippen LogP contribution in [0.2, 0.25) is 0 Å². The highest BCUT2D eigenvalue weighted by Gasteiger charge is 2.49. The molecule has 0 heterocycles. The van der Waals surface area contributed by atoms with Crippen LogP contribution >= 0.6 is 0 Å². The van der Waals surface area contributed by atoms with E-state index in [9.17, 15) is 14.9 Å². The number of rotatable bonds is 9. The first kappa shape index (κ1) is 19.4. The normalized spacial score (nSPS) is 14.9. The zero-order chi connectivity index (χ0) is 16.5. The molecule has 5 heteroatoms. The summed E-state index contributed by atoms with van der Waals surface area (Å²) in [6.07, 6.45) is 1.88. The highest BCUT2D eigenvalue weighted by molar-refractivity contribution is 5.87. The van der Waals surface area contributed by atoms with Gasteiger partial charge in [-0.3, -0.25) is 9.59 Å². The number of ether oxygens (including phenoxy) is 2. The van der Waals surface area contributed by atoms with E-state index < -0.39 is 23.3 Å². The molecule has 2 atom stereocenters. The second-order valence-corrected chi connectivity index (χ2v) is 5.56. The highest BCUT2D eigenvalue weighted by atomic mass is 16.5. The lowest BCUT2D eigenvalue weighted by atomic mass is 9.73. The van der Waals surface area contributed by atoms with Gasteiger partial charge in [-0.15, -0.1) is 0 Å². The van der Waals surface area contributed by atoms with Crippen LogP contribution in [0.1, 0.15) is 53.9 Å². The van der Waals surface area contributed by atoms with Gasteiger partial charge in [-0.25, -0.2) is 0 Å². The van der Waals surface area contributed by atoms with Gasteiger partial charge in [0, 0.05) is 0 Å². The highest BCUT2D eigenvalue weighted by Crippen LogP contribution is 2.36. The third kappa shape index (κ3) is 5.37. The van der Waals surface area contributed by atoms with Gasteiger partial charge in [0.05, 0.1) is 25.2 Å². The summed E-state index contributed by atoms with van der Waals surface area (Å²) in [6.45, 7) is 9.50. The van der Waals surface area contributed by atoms with Gasteiger partial charge >= 0.3 is 11.9 Å². The Labute approximate surface area is 127 Å². The first-order chi connectivity index (χ1) is 9.85. The maximum absolute atomic E-state index is 12.3. The van der Waals surface area contributed by atoms with E-state index >= 15 is 0 Å². The molecule has 0 aliphatic carbocycles. The van der Waals surface area contributed by atoms with Gasteiger partial charge in [0.15, 0.2) is 5.41 Å². The molecule has 0 aliphatic heterocycles. The van der Waals surface area contributed by atoms with Crippen molar-refractivity contribution >= 4 is 11.9 Å². The van der Waals surface area contributed by atoms with E-state index in [2.05, 4.69) is 13.8 Å². The lowest BCUT2D eigenvalue weighted by molar-refractivity contribution is -0.165. The van der Waals surface area contributed by atoms with Crippen LogP contribution in [-0.4, -0.2) is 25.2 Å². The molecule has 0 N–H and O–H groups in total. The zero-order valence-corrected chi connectivity index (χ0v) is 13.8. The third-order valence-electron chi connectivity index (χ3n) is 3.57. The fourth-order valence-electron chi connectivity index (χ4n) is 2.21. The van der Waals surface area contributed by atoms with Crippen molar-refractivity contribution in [3.63, 3.8) is 0 Å². The van der Waals surface area contributed by atoms with E-state index in [1.165, 1.54) is 0 Å². The smallest absolute Gasteiger partial charge is 0.327 e. The quantitative estimate of drug-likeness (QED) is 0.611. The van der Waals surface area contributed by atoms with Crippen molar-refractivity contribution in [3.05, 3.63) is 0 Å². The minimum atomic E-state index is -1.46. The standard InChI is InChI=1S/C16H27NO4/c1-6-20-14(18)13(5)16(11-17,15(19)21-7-2)10-8-9-12(3)4/h12-13H,6-10H2,1-5H3. The van der Waals surface area contributed by atoms with Gasteiger partial charge in [0.25, 0.3) is 0 Å². The predicted molar refractivity (Wildman–Crippen MR) is 79.2 cm³/mol. The number of carbonyl (C=O) groups excluding carboxylic acids is 2. The Kier molecular flexibility index (Phi) is 8.68. The lowest BCUT2D eigenvalue weighted by Gasteiger charge is -2.29. The Hall–Kier alpha value is -1.57. The molecule has 0 radical (unpaired) electrons. The molecule has 0 saturated heterocycles. The first-order valence-electron chi connectivity index (χ1n) is 7.60. The van der Waals surface area contributed by atoms with E-state index in [1.807, 2.05) is 6.07 Å². The number of hydrogen-bond acceptors (Lipinski definition) is 5. The van der Waals surface area contributed by atoms with Crippen molar-refractivity contribution in [1.82, 2.24) is 0 Å². The number of carbonyl (C=O) groups is 2. The topological polar surface area (TPSA) is 76.4 Å². The van der Waals surface area contributed by atoms with Crippen LogP contribution in [-0.2, 0) is 19.1 Å². The summed E-state index contributed by atoms with van der Waals surface area (Å²) in [5.74, 6) is -1.52. The second-order valence-electron chi connectivity index (χ2n) is 5.56. The van der Waals surface area contributed by atoms with Crippen molar-refractivity contribution in [2.24, 2.45) is 17.3 Å². The molecular formula is C16H27NO4. The van der Waals surface area contributed by atoms with E-state index in [1.54, 1.807) is 20.8 Å². The average molecular weight is 297 g/mol. The Morgan fingerprint density at radius 3 is 2.14 bits per heavy atom. The Morgan fingerprint density at radius 2 is 1.71 bits per heavy atom. The molecule has 0 amide bonds. The van der Waals surface area contributed by atoms with Crippen molar-refractivity contribution in [3.8, 4) is 6.07 Å². The van der Waals surface area contributed by atoms with Crippen molar-refractivity contribution in [2.45, 2.75) is 53.9 Å². The van der Waals surface area contributed by atoms with Crippen molar-refractivity contribution in [1.29, 1.82) is 5.26 Å². The molecule has 21 heavy (non-hydrogen) atoms. The van der Waals surface area contributed by atoms with Crippen LogP contribution in [0, 0.1) is 28.6 Å². The minimum Gasteiger partial charge on any atom is -0.466 e. The van der Waals surface area contributed by atoms with E-state index in [0.717, 1.165) is 6.42 Å². The Balaban J connectivity index is 5.25. The summed E-state index contributed by atoms with van der Waals surface area (Å²) < 4.78 is 10.0. The van der Waals surface area contributed by atoms with Crippen LogP contribution in [0.15, 0.2) is 0 Å². The summed E-state index contributed by atoms with van der Waals surface area (Å²) >= 11 is 0. The molecular weight excluding hydrogens is 270 g/mol. The molecule has 0 saturated carbocycles. The minimum absolute atomic E-state index is 0.183. The van der Waals surface area contributed by atoms with Gasteiger partial charge in [-0.2, -0.15) is 5.26 Å². The largest absolute Gasteiger partial charge is 0.466 e. The third-order valence-corrected chi connectivity index (χ3v) is 3.57. The molecule has 0 spiro atoms. The SMILES string of the molecule is CCOC(=O)C(C)C(C#N)(CCCC(C)C)C(=O)OCC. The van der Waals surface area contributed by atoms with Crippen molar-refractivity contribution in [2.75, 3.05) is 13.2 Å². The number of hydrogen-bond donors (Lipinski definition) is 0. The fourth-order valence-corrected chi connectivity index (χ4v) is 2.21. The summed E-state index contributed by atoms with van der Waals surface area (Å²) in [5.41, 5.74) is -1.46. The molecule has 0 bridgehead atoms. The summed E-state index contributed by atoms with van der Waals surface area (Å²) in [4.78, 5) is 24.2. The molecule has 2 unspecified atom stereocenters. The van der Waals surface area contributed by atoms with Crippen molar-refractivity contribution < 1.29 is 19.1 Å². The Bertz CT molecular complexity index is 386. The lowest BCUT2D eigenvalue weighted by Crippen LogP contribution is -2.42. The fraction of sp³-hybridized carbons (Fsp3) is 0.812. The van der Waals surface area contributed by atoms with Gasteiger partial charge in [-0.05, 0) is 33.1 Å².